The first kappa shape index (κ1) is 16.7. The van der Waals surface area contributed by atoms with Crippen molar-refractivity contribution >= 4 is 15.7 Å². The molecule has 0 radical (unpaired) electrons. The van der Waals surface area contributed by atoms with Crippen LogP contribution in [0.15, 0.2) is 23.1 Å². The molecule has 0 amide bonds. The van der Waals surface area contributed by atoms with Crippen molar-refractivity contribution in [1.29, 1.82) is 0 Å². The number of nitro benzene ring substituents is 1. The summed E-state index contributed by atoms with van der Waals surface area (Å²) in [5.41, 5.74) is -0.292. The van der Waals surface area contributed by atoms with Gasteiger partial charge in [0.1, 0.15) is 10.6 Å². The van der Waals surface area contributed by atoms with Gasteiger partial charge in [-0.05, 0) is 31.5 Å². The molecule has 0 aliphatic carbocycles. The highest BCUT2D eigenvalue weighted by atomic mass is 32.2. The van der Waals surface area contributed by atoms with Crippen LogP contribution in [0.5, 0.6) is 5.75 Å². The van der Waals surface area contributed by atoms with Gasteiger partial charge < -0.3 is 10.1 Å². The van der Waals surface area contributed by atoms with Crippen molar-refractivity contribution in [2.45, 2.75) is 24.3 Å². The van der Waals surface area contributed by atoms with E-state index in [1.54, 1.807) is 0 Å². The van der Waals surface area contributed by atoms with E-state index in [1.807, 2.05) is 6.92 Å². The molecular weight excluding hydrogens is 310 g/mol. The van der Waals surface area contributed by atoms with E-state index < -0.39 is 14.9 Å². The molecule has 8 nitrogen and oxygen atoms in total. The Morgan fingerprint density at radius 3 is 2.77 bits per heavy atom. The smallest absolute Gasteiger partial charge is 0.271 e. The Morgan fingerprint density at radius 2 is 2.18 bits per heavy atom. The third kappa shape index (κ3) is 3.54. The molecule has 9 heteroatoms. The van der Waals surface area contributed by atoms with Crippen LogP contribution < -0.4 is 14.8 Å². The van der Waals surface area contributed by atoms with Crippen LogP contribution in [0, 0.1) is 16.0 Å². The van der Waals surface area contributed by atoms with E-state index in [9.17, 15) is 18.5 Å². The molecule has 2 unspecified atom stereocenters. The zero-order valence-electron chi connectivity index (χ0n) is 12.4. The summed E-state index contributed by atoms with van der Waals surface area (Å²) >= 11 is 0. The lowest BCUT2D eigenvalue weighted by Crippen LogP contribution is -2.48. The Labute approximate surface area is 129 Å². The average Bonchev–Trinajstić information content (AvgIpc) is 2.48. The Morgan fingerprint density at radius 1 is 1.45 bits per heavy atom. The molecule has 1 aromatic carbocycles. The van der Waals surface area contributed by atoms with E-state index in [0.717, 1.165) is 19.2 Å². The van der Waals surface area contributed by atoms with Gasteiger partial charge in [-0.3, -0.25) is 10.1 Å². The van der Waals surface area contributed by atoms with Gasteiger partial charge in [-0.2, -0.15) is 0 Å². The molecule has 1 aromatic rings. The molecule has 1 heterocycles. The number of non-ortho nitro benzene ring substituents is 1. The third-order valence-electron chi connectivity index (χ3n) is 3.74. The van der Waals surface area contributed by atoms with Gasteiger partial charge in [0.05, 0.1) is 12.0 Å². The van der Waals surface area contributed by atoms with Gasteiger partial charge >= 0.3 is 0 Å². The first-order valence-electron chi connectivity index (χ1n) is 6.90. The van der Waals surface area contributed by atoms with Gasteiger partial charge in [-0.1, -0.05) is 6.92 Å². The molecule has 1 aliphatic rings. The Balaban J connectivity index is 2.35. The number of sulfonamides is 1. The van der Waals surface area contributed by atoms with Crippen molar-refractivity contribution in [3.05, 3.63) is 28.3 Å². The summed E-state index contributed by atoms with van der Waals surface area (Å²) in [5.74, 6) is 0.216. The van der Waals surface area contributed by atoms with Crippen LogP contribution >= 0.6 is 0 Å². The Hall–Kier alpha value is -1.71. The van der Waals surface area contributed by atoms with Gasteiger partial charge in [-0.15, -0.1) is 0 Å². The van der Waals surface area contributed by atoms with Crippen molar-refractivity contribution in [3.8, 4) is 5.75 Å². The summed E-state index contributed by atoms with van der Waals surface area (Å²) in [6, 6.07) is 3.31. The average molecular weight is 329 g/mol. The van der Waals surface area contributed by atoms with Crippen LogP contribution in [0.25, 0.3) is 0 Å². The molecule has 0 bridgehead atoms. The lowest BCUT2D eigenvalue weighted by molar-refractivity contribution is -0.385. The lowest BCUT2D eigenvalue weighted by Gasteiger charge is -2.30. The molecule has 0 saturated carbocycles. The predicted octanol–water partition coefficient (Wildman–Crippen LogP) is 0.880. The number of methoxy groups -OCH3 is 1. The van der Waals surface area contributed by atoms with Crippen LogP contribution in [0.2, 0.25) is 0 Å². The van der Waals surface area contributed by atoms with Crippen molar-refractivity contribution in [2.75, 3.05) is 20.2 Å². The van der Waals surface area contributed by atoms with E-state index in [-0.39, 0.29) is 28.3 Å². The van der Waals surface area contributed by atoms with Crippen molar-refractivity contribution in [2.24, 2.45) is 5.92 Å². The summed E-state index contributed by atoms with van der Waals surface area (Å²) in [5, 5.41) is 14.1. The Bertz CT molecular complexity index is 662. The maximum atomic E-state index is 12.6. The summed E-state index contributed by atoms with van der Waals surface area (Å²) in [6.45, 7) is 3.40. The minimum absolute atomic E-state index is 0.0830. The number of ether oxygens (including phenoxy) is 1. The van der Waals surface area contributed by atoms with E-state index in [1.165, 1.54) is 19.2 Å². The Kier molecular flexibility index (Phi) is 4.99. The highest BCUT2D eigenvalue weighted by molar-refractivity contribution is 7.89. The highest BCUT2D eigenvalue weighted by Crippen LogP contribution is 2.28. The molecule has 1 aliphatic heterocycles. The molecule has 22 heavy (non-hydrogen) atoms. The van der Waals surface area contributed by atoms with Gasteiger partial charge in [0.25, 0.3) is 5.69 Å². The molecule has 2 atom stereocenters. The van der Waals surface area contributed by atoms with Gasteiger partial charge in [0, 0.05) is 18.2 Å². The van der Waals surface area contributed by atoms with Crippen LogP contribution in [0.4, 0.5) is 5.69 Å². The number of hydrogen-bond acceptors (Lipinski definition) is 6. The molecule has 0 spiro atoms. The van der Waals surface area contributed by atoms with Gasteiger partial charge in [-0.25, -0.2) is 13.1 Å². The van der Waals surface area contributed by atoms with Crippen LogP contribution in [0.3, 0.4) is 0 Å². The second-order valence-electron chi connectivity index (χ2n) is 5.29. The minimum atomic E-state index is -3.90. The van der Waals surface area contributed by atoms with Crippen LogP contribution in [-0.2, 0) is 10.0 Å². The number of piperidine rings is 1. The van der Waals surface area contributed by atoms with E-state index in [4.69, 9.17) is 4.74 Å². The fourth-order valence-electron chi connectivity index (χ4n) is 2.44. The number of nitro groups is 1. The molecule has 1 fully saturated rings. The first-order chi connectivity index (χ1) is 10.3. The second-order valence-corrected chi connectivity index (χ2v) is 6.97. The molecule has 0 aromatic heterocycles. The number of nitrogens with zero attached hydrogens (tertiary/aromatic N) is 1. The first-order valence-corrected chi connectivity index (χ1v) is 8.39. The number of hydrogen-bond donors (Lipinski definition) is 2. The van der Waals surface area contributed by atoms with E-state index in [0.29, 0.717) is 6.42 Å². The second kappa shape index (κ2) is 6.59. The SMILES string of the molecule is COc1ccc([N+](=O)[O-])cc1S(=O)(=O)NC1CCNCC1C. The number of nitrogens with one attached hydrogen (secondary N) is 2. The van der Waals surface area contributed by atoms with Gasteiger partial charge in [0.15, 0.2) is 0 Å². The van der Waals surface area contributed by atoms with Crippen molar-refractivity contribution in [1.82, 2.24) is 10.0 Å². The number of benzene rings is 1. The fourth-order valence-corrected chi connectivity index (χ4v) is 4.01. The quantitative estimate of drug-likeness (QED) is 0.613. The van der Waals surface area contributed by atoms with Crippen LogP contribution in [0.1, 0.15) is 13.3 Å². The summed E-state index contributed by atoms with van der Waals surface area (Å²) < 4.78 is 32.8. The third-order valence-corrected chi connectivity index (χ3v) is 5.25. The van der Waals surface area contributed by atoms with Crippen LogP contribution in [-0.4, -0.2) is 39.6 Å². The summed E-state index contributed by atoms with van der Waals surface area (Å²) in [7, 11) is -2.57. The number of rotatable bonds is 5. The van der Waals surface area contributed by atoms with Crippen molar-refractivity contribution in [3.63, 3.8) is 0 Å². The normalized spacial score (nSPS) is 22.3. The van der Waals surface area contributed by atoms with E-state index in [2.05, 4.69) is 10.0 Å². The fraction of sp³-hybridized carbons (Fsp3) is 0.538. The van der Waals surface area contributed by atoms with Crippen molar-refractivity contribution < 1.29 is 18.1 Å². The lowest BCUT2D eigenvalue weighted by atomic mass is 9.97. The predicted molar refractivity (Wildman–Crippen MR) is 80.4 cm³/mol. The molecule has 122 valence electrons. The molecule has 1 saturated heterocycles. The minimum Gasteiger partial charge on any atom is -0.495 e. The summed E-state index contributed by atoms with van der Waals surface area (Å²) in [4.78, 5) is 10.0. The summed E-state index contributed by atoms with van der Waals surface area (Å²) in [6.07, 6.45) is 0.664. The molecule has 2 N–H and O–H groups in total. The molecule has 2 rings (SSSR count). The highest BCUT2D eigenvalue weighted by Gasteiger charge is 2.29. The largest absolute Gasteiger partial charge is 0.495 e. The zero-order valence-corrected chi connectivity index (χ0v) is 13.2. The topological polar surface area (TPSA) is 111 Å². The zero-order chi connectivity index (χ0) is 16.3. The van der Waals surface area contributed by atoms with E-state index >= 15 is 0 Å². The standard InChI is InChI=1S/C13H19N3O5S/c1-9-8-14-6-5-11(9)15-22(19,20)13-7-10(16(17)18)3-4-12(13)21-2/h3-4,7,9,11,14-15H,5-6,8H2,1-2H3. The molecular formula is C13H19N3O5S. The van der Waals surface area contributed by atoms with Gasteiger partial charge in [0.2, 0.25) is 10.0 Å². The maximum absolute atomic E-state index is 12.6. The monoisotopic (exact) mass is 329 g/mol. The maximum Gasteiger partial charge on any atom is 0.271 e.